The van der Waals surface area contributed by atoms with E-state index >= 15 is 0 Å². The Morgan fingerprint density at radius 1 is 0.556 bits per heavy atom. The SMILES string of the molecule is Clc1cc2cc3ccc(Cl)c(Cl)c3cc2cc1Cl. The van der Waals surface area contributed by atoms with Crippen molar-refractivity contribution in [2.75, 3.05) is 0 Å². The summed E-state index contributed by atoms with van der Waals surface area (Å²) in [6.07, 6.45) is 0. The lowest BCUT2D eigenvalue weighted by atomic mass is 10.0. The minimum atomic E-state index is 0.529. The first kappa shape index (κ1) is 12.4. The summed E-state index contributed by atoms with van der Waals surface area (Å²) in [6.45, 7) is 0. The Morgan fingerprint density at radius 3 is 1.83 bits per heavy atom. The first-order chi connectivity index (χ1) is 8.56. The molecule has 0 nitrogen and oxygen atoms in total. The van der Waals surface area contributed by atoms with Gasteiger partial charge >= 0.3 is 0 Å². The van der Waals surface area contributed by atoms with Crippen molar-refractivity contribution < 1.29 is 0 Å². The van der Waals surface area contributed by atoms with Gasteiger partial charge in [-0.15, -0.1) is 0 Å². The van der Waals surface area contributed by atoms with Crippen LogP contribution in [0.1, 0.15) is 0 Å². The second-order valence-corrected chi connectivity index (χ2v) is 5.65. The molecule has 0 spiro atoms. The molecular weight excluding hydrogens is 310 g/mol. The predicted octanol–water partition coefficient (Wildman–Crippen LogP) is 6.61. The molecule has 0 fully saturated rings. The average Bonchev–Trinajstić information content (AvgIpc) is 2.34. The van der Waals surface area contributed by atoms with Crippen LogP contribution in [0.5, 0.6) is 0 Å². The maximum absolute atomic E-state index is 6.21. The van der Waals surface area contributed by atoms with E-state index in [-0.39, 0.29) is 0 Å². The molecule has 4 heteroatoms. The lowest BCUT2D eigenvalue weighted by molar-refractivity contribution is 1.75. The summed E-state index contributed by atoms with van der Waals surface area (Å²) >= 11 is 24.3. The molecule has 0 aromatic heterocycles. The Morgan fingerprint density at radius 2 is 1.17 bits per heavy atom. The molecule has 0 aliphatic heterocycles. The van der Waals surface area contributed by atoms with E-state index in [1.54, 1.807) is 6.07 Å². The van der Waals surface area contributed by atoms with E-state index in [2.05, 4.69) is 0 Å². The lowest BCUT2D eigenvalue weighted by Crippen LogP contribution is -1.80. The highest BCUT2D eigenvalue weighted by molar-refractivity contribution is 6.46. The van der Waals surface area contributed by atoms with Gasteiger partial charge in [-0.05, 0) is 46.5 Å². The molecule has 0 aliphatic carbocycles. The van der Waals surface area contributed by atoms with E-state index in [9.17, 15) is 0 Å². The molecule has 0 unspecified atom stereocenters. The van der Waals surface area contributed by atoms with Gasteiger partial charge in [-0.25, -0.2) is 0 Å². The van der Waals surface area contributed by atoms with E-state index in [0.29, 0.717) is 20.1 Å². The first-order valence-electron chi connectivity index (χ1n) is 5.23. The van der Waals surface area contributed by atoms with Crippen LogP contribution < -0.4 is 0 Å². The molecule has 3 aromatic carbocycles. The smallest absolute Gasteiger partial charge is 0.0670 e. The van der Waals surface area contributed by atoms with E-state index in [1.165, 1.54) is 0 Å². The monoisotopic (exact) mass is 314 g/mol. The van der Waals surface area contributed by atoms with Crippen molar-refractivity contribution in [3.05, 3.63) is 56.5 Å². The third kappa shape index (κ3) is 1.94. The van der Waals surface area contributed by atoms with Crippen molar-refractivity contribution in [3.63, 3.8) is 0 Å². The summed E-state index contributed by atoms with van der Waals surface area (Å²) in [5.41, 5.74) is 0. The lowest BCUT2D eigenvalue weighted by Gasteiger charge is -2.07. The number of halogens is 4. The maximum atomic E-state index is 6.21. The molecule has 0 saturated heterocycles. The Balaban J connectivity index is 2.47. The summed E-state index contributed by atoms with van der Waals surface area (Å²) < 4.78 is 0. The summed E-state index contributed by atoms with van der Waals surface area (Å²) in [5.74, 6) is 0. The molecule has 0 bridgehead atoms. The van der Waals surface area contributed by atoms with Crippen LogP contribution in [0.25, 0.3) is 21.5 Å². The van der Waals surface area contributed by atoms with E-state index in [4.69, 9.17) is 46.4 Å². The van der Waals surface area contributed by atoms with Crippen molar-refractivity contribution >= 4 is 67.9 Å². The average molecular weight is 316 g/mol. The molecule has 0 aliphatic rings. The van der Waals surface area contributed by atoms with Gasteiger partial charge in [0.05, 0.1) is 20.1 Å². The fraction of sp³-hybridized carbons (Fsp3) is 0. The zero-order chi connectivity index (χ0) is 12.9. The van der Waals surface area contributed by atoms with Crippen LogP contribution in [0.4, 0.5) is 0 Å². The van der Waals surface area contributed by atoms with Crippen LogP contribution in [-0.4, -0.2) is 0 Å². The standard InChI is InChI=1S/C14H6Cl4/c15-11-2-1-7-3-8-5-12(16)13(17)6-9(8)4-10(7)14(11)18/h1-6H. The maximum Gasteiger partial charge on any atom is 0.0670 e. The van der Waals surface area contributed by atoms with Crippen molar-refractivity contribution in [2.45, 2.75) is 0 Å². The third-order valence-corrected chi connectivity index (χ3v) is 4.44. The summed E-state index contributed by atoms with van der Waals surface area (Å²) in [5, 5.41) is 6.12. The Bertz CT molecular complexity index is 777. The molecule has 0 heterocycles. The highest BCUT2D eigenvalue weighted by atomic mass is 35.5. The molecule has 0 atom stereocenters. The minimum absolute atomic E-state index is 0.529. The zero-order valence-corrected chi connectivity index (χ0v) is 12.0. The molecule has 18 heavy (non-hydrogen) atoms. The molecular formula is C14H6Cl4. The van der Waals surface area contributed by atoms with Gasteiger partial charge in [0.2, 0.25) is 0 Å². The van der Waals surface area contributed by atoms with E-state index in [0.717, 1.165) is 21.5 Å². The second-order valence-electron chi connectivity index (χ2n) is 4.05. The van der Waals surface area contributed by atoms with Crippen LogP contribution in [0, 0.1) is 0 Å². The fourth-order valence-corrected chi connectivity index (χ4v) is 2.74. The molecule has 90 valence electrons. The Labute approximate surface area is 124 Å². The van der Waals surface area contributed by atoms with Gasteiger partial charge in [0, 0.05) is 5.39 Å². The van der Waals surface area contributed by atoms with Crippen molar-refractivity contribution in [1.82, 2.24) is 0 Å². The van der Waals surface area contributed by atoms with E-state index in [1.807, 2.05) is 30.3 Å². The Kier molecular flexibility index (Phi) is 3.07. The topological polar surface area (TPSA) is 0 Å². The van der Waals surface area contributed by atoms with Crippen LogP contribution in [0.15, 0.2) is 36.4 Å². The largest absolute Gasteiger partial charge is 0.0827 e. The van der Waals surface area contributed by atoms with Crippen LogP contribution in [0.2, 0.25) is 20.1 Å². The van der Waals surface area contributed by atoms with Crippen molar-refractivity contribution in [1.29, 1.82) is 0 Å². The van der Waals surface area contributed by atoms with Gasteiger partial charge in [0.1, 0.15) is 0 Å². The van der Waals surface area contributed by atoms with E-state index < -0.39 is 0 Å². The highest BCUT2D eigenvalue weighted by Crippen LogP contribution is 2.35. The number of benzene rings is 3. The first-order valence-corrected chi connectivity index (χ1v) is 6.74. The zero-order valence-electron chi connectivity index (χ0n) is 8.98. The fourth-order valence-electron chi connectivity index (χ4n) is 2.00. The third-order valence-electron chi connectivity index (χ3n) is 2.90. The van der Waals surface area contributed by atoms with Gasteiger partial charge < -0.3 is 0 Å². The minimum Gasteiger partial charge on any atom is -0.0827 e. The van der Waals surface area contributed by atoms with Gasteiger partial charge in [0.15, 0.2) is 0 Å². The molecule has 0 N–H and O–H groups in total. The summed E-state index contributed by atoms with van der Waals surface area (Å²) in [4.78, 5) is 0. The molecule has 0 radical (unpaired) electrons. The molecule has 3 rings (SSSR count). The van der Waals surface area contributed by atoms with Gasteiger partial charge in [0.25, 0.3) is 0 Å². The van der Waals surface area contributed by atoms with Gasteiger partial charge in [-0.3, -0.25) is 0 Å². The highest BCUT2D eigenvalue weighted by Gasteiger charge is 2.07. The van der Waals surface area contributed by atoms with Crippen molar-refractivity contribution in [2.24, 2.45) is 0 Å². The number of hydrogen-bond acceptors (Lipinski definition) is 0. The van der Waals surface area contributed by atoms with Gasteiger partial charge in [-0.2, -0.15) is 0 Å². The summed E-state index contributed by atoms with van der Waals surface area (Å²) in [7, 11) is 0. The second kappa shape index (κ2) is 4.47. The quantitative estimate of drug-likeness (QED) is 0.410. The molecule has 0 amide bonds. The number of fused-ring (bicyclic) bond motifs is 2. The van der Waals surface area contributed by atoms with Gasteiger partial charge in [-0.1, -0.05) is 52.5 Å². The molecule has 3 aromatic rings. The van der Waals surface area contributed by atoms with Crippen LogP contribution in [0.3, 0.4) is 0 Å². The Hall–Kier alpha value is -0.660. The van der Waals surface area contributed by atoms with Crippen LogP contribution in [-0.2, 0) is 0 Å². The normalized spacial score (nSPS) is 11.3. The van der Waals surface area contributed by atoms with Crippen LogP contribution >= 0.6 is 46.4 Å². The number of rotatable bonds is 0. The van der Waals surface area contributed by atoms with Crippen molar-refractivity contribution in [3.8, 4) is 0 Å². The number of hydrogen-bond donors (Lipinski definition) is 0. The predicted molar refractivity (Wildman–Crippen MR) is 81.5 cm³/mol. The molecule has 0 saturated carbocycles. The summed E-state index contributed by atoms with van der Waals surface area (Å²) in [6, 6.07) is 11.4.